The number of aliphatic hydroxyl groups excluding tert-OH is 1. The van der Waals surface area contributed by atoms with Gasteiger partial charge in [-0.25, -0.2) is 18.9 Å². The van der Waals surface area contributed by atoms with Crippen LogP contribution in [-0.4, -0.2) is 33.0 Å². The van der Waals surface area contributed by atoms with Gasteiger partial charge in [0, 0.05) is 5.56 Å². The van der Waals surface area contributed by atoms with Gasteiger partial charge in [0.05, 0.1) is 19.4 Å². The molecule has 2 rings (SSSR count). The number of carbonyl (C=O) groups excluding carboxylic acids is 1. The van der Waals surface area contributed by atoms with Crippen LogP contribution in [0.3, 0.4) is 0 Å². The molecular formula is C11H10FN3O3. The number of aliphatic hydroxyl groups is 1. The lowest BCUT2D eigenvalue weighted by atomic mass is 10.2. The summed E-state index contributed by atoms with van der Waals surface area (Å²) in [6, 6.07) is 4.26. The van der Waals surface area contributed by atoms with E-state index in [-0.39, 0.29) is 11.4 Å². The van der Waals surface area contributed by atoms with Crippen LogP contribution < -0.4 is 0 Å². The summed E-state index contributed by atoms with van der Waals surface area (Å²) >= 11 is 0. The molecule has 7 heteroatoms. The van der Waals surface area contributed by atoms with Crippen LogP contribution in [0.5, 0.6) is 0 Å². The van der Waals surface area contributed by atoms with E-state index in [1.807, 2.05) is 0 Å². The average Bonchev–Trinajstić information content (AvgIpc) is 2.87. The van der Waals surface area contributed by atoms with Crippen molar-refractivity contribution in [2.75, 3.05) is 7.11 Å². The van der Waals surface area contributed by atoms with E-state index >= 15 is 0 Å². The Bertz CT molecular complexity index is 583. The predicted molar refractivity (Wildman–Crippen MR) is 58.6 cm³/mol. The Balaban J connectivity index is 2.46. The third kappa shape index (κ3) is 2.07. The van der Waals surface area contributed by atoms with Gasteiger partial charge in [-0.2, -0.15) is 0 Å². The summed E-state index contributed by atoms with van der Waals surface area (Å²) < 4.78 is 19.1. The van der Waals surface area contributed by atoms with E-state index in [1.54, 1.807) is 6.07 Å². The minimum Gasteiger partial charge on any atom is -0.463 e. The zero-order valence-corrected chi connectivity index (χ0v) is 9.50. The van der Waals surface area contributed by atoms with Gasteiger partial charge in [-0.1, -0.05) is 6.07 Å². The summed E-state index contributed by atoms with van der Waals surface area (Å²) in [5.41, 5.74) is 0.402. The van der Waals surface area contributed by atoms with Crippen molar-refractivity contribution in [3.05, 3.63) is 41.7 Å². The van der Waals surface area contributed by atoms with E-state index < -0.39 is 18.4 Å². The summed E-state index contributed by atoms with van der Waals surface area (Å²) in [4.78, 5) is 14.9. The lowest BCUT2D eigenvalue weighted by molar-refractivity contribution is 0.0587. The van der Waals surface area contributed by atoms with E-state index in [0.29, 0.717) is 5.69 Å². The standard InChI is InChI=1S/C11H10FN3O3/c1-18-11(17)10-13-6-15(14-10)9-4-2-3-8(12)7(9)5-16/h2-4,6,16H,5H2,1H3. The maximum absolute atomic E-state index is 13.5. The third-order valence-electron chi connectivity index (χ3n) is 2.36. The molecule has 1 N–H and O–H groups in total. The molecule has 0 saturated carbocycles. The van der Waals surface area contributed by atoms with Crippen LogP contribution in [0, 0.1) is 5.82 Å². The number of carbonyl (C=O) groups is 1. The highest BCUT2D eigenvalue weighted by atomic mass is 19.1. The highest BCUT2D eigenvalue weighted by Crippen LogP contribution is 2.17. The van der Waals surface area contributed by atoms with Crippen molar-refractivity contribution in [2.24, 2.45) is 0 Å². The van der Waals surface area contributed by atoms with Crippen molar-refractivity contribution in [3.8, 4) is 5.69 Å². The van der Waals surface area contributed by atoms with Gasteiger partial charge in [0.15, 0.2) is 0 Å². The zero-order chi connectivity index (χ0) is 13.1. The minimum absolute atomic E-state index is 0.0822. The summed E-state index contributed by atoms with van der Waals surface area (Å²) in [6.07, 6.45) is 1.25. The Labute approximate surface area is 102 Å². The van der Waals surface area contributed by atoms with Crippen molar-refractivity contribution in [2.45, 2.75) is 6.61 Å². The SMILES string of the molecule is COC(=O)c1ncn(-c2cccc(F)c2CO)n1. The number of ether oxygens (including phenoxy) is 1. The molecular weight excluding hydrogens is 241 g/mol. The molecule has 0 fully saturated rings. The fraction of sp³-hybridized carbons (Fsp3) is 0.182. The van der Waals surface area contributed by atoms with Gasteiger partial charge >= 0.3 is 5.97 Å². The second kappa shape index (κ2) is 4.92. The normalized spacial score (nSPS) is 10.4. The molecule has 1 aromatic heterocycles. The van der Waals surface area contributed by atoms with Crippen LogP contribution in [0.4, 0.5) is 4.39 Å². The molecule has 0 spiro atoms. The maximum Gasteiger partial charge on any atom is 0.377 e. The number of benzene rings is 1. The monoisotopic (exact) mass is 251 g/mol. The fourth-order valence-corrected chi connectivity index (χ4v) is 1.48. The number of methoxy groups -OCH3 is 1. The van der Waals surface area contributed by atoms with Gasteiger partial charge in [-0.3, -0.25) is 0 Å². The van der Waals surface area contributed by atoms with Gasteiger partial charge in [0.25, 0.3) is 5.82 Å². The number of rotatable bonds is 3. The summed E-state index contributed by atoms with van der Waals surface area (Å²) in [7, 11) is 1.21. The van der Waals surface area contributed by atoms with Crippen molar-refractivity contribution in [3.63, 3.8) is 0 Å². The van der Waals surface area contributed by atoms with Crippen LogP contribution in [-0.2, 0) is 11.3 Å². The highest BCUT2D eigenvalue weighted by Gasteiger charge is 2.15. The smallest absolute Gasteiger partial charge is 0.377 e. The average molecular weight is 251 g/mol. The van der Waals surface area contributed by atoms with E-state index in [1.165, 1.54) is 30.3 Å². The zero-order valence-electron chi connectivity index (χ0n) is 9.50. The number of halogens is 1. The second-order valence-electron chi connectivity index (χ2n) is 3.40. The number of esters is 1. The quantitative estimate of drug-likeness (QED) is 0.812. The molecule has 0 amide bonds. The van der Waals surface area contributed by atoms with E-state index in [2.05, 4.69) is 14.8 Å². The van der Waals surface area contributed by atoms with E-state index in [4.69, 9.17) is 5.11 Å². The molecule has 6 nitrogen and oxygen atoms in total. The summed E-state index contributed by atoms with van der Waals surface area (Å²) in [6.45, 7) is -0.477. The molecule has 2 aromatic rings. The fourth-order valence-electron chi connectivity index (χ4n) is 1.48. The first-order chi connectivity index (χ1) is 8.67. The Morgan fingerprint density at radius 1 is 1.56 bits per heavy atom. The molecule has 1 aromatic carbocycles. The van der Waals surface area contributed by atoms with Crippen LogP contribution >= 0.6 is 0 Å². The third-order valence-corrected chi connectivity index (χ3v) is 2.36. The Morgan fingerprint density at radius 3 is 3.00 bits per heavy atom. The molecule has 0 unspecified atom stereocenters. The van der Waals surface area contributed by atoms with Gasteiger partial charge in [0.1, 0.15) is 12.1 Å². The minimum atomic E-state index is -0.685. The number of nitrogens with zero attached hydrogens (tertiary/aromatic N) is 3. The van der Waals surface area contributed by atoms with Crippen LogP contribution in [0.1, 0.15) is 16.2 Å². The Hall–Kier alpha value is -2.28. The van der Waals surface area contributed by atoms with Crippen LogP contribution in [0.15, 0.2) is 24.5 Å². The molecule has 0 bridgehead atoms. The molecule has 0 atom stereocenters. The number of hydrogen-bond acceptors (Lipinski definition) is 5. The number of hydrogen-bond donors (Lipinski definition) is 1. The van der Waals surface area contributed by atoms with Gasteiger partial charge in [-0.05, 0) is 12.1 Å². The molecule has 0 radical (unpaired) electrons. The van der Waals surface area contributed by atoms with Crippen molar-refractivity contribution < 1.29 is 19.0 Å². The lowest BCUT2D eigenvalue weighted by Crippen LogP contribution is -2.07. The van der Waals surface area contributed by atoms with Gasteiger partial charge < -0.3 is 9.84 Å². The Morgan fingerprint density at radius 2 is 2.33 bits per heavy atom. The molecule has 0 aliphatic heterocycles. The molecule has 94 valence electrons. The van der Waals surface area contributed by atoms with Crippen molar-refractivity contribution >= 4 is 5.97 Å². The molecule has 18 heavy (non-hydrogen) atoms. The summed E-state index contributed by atoms with van der Waals surface area (Å²) in [5.74, 6) is -1.37. The Kier molecular flexibility index (Phi) is 3.33. The van der Waals surface area contributed by atoms with Crippen LogP contribution in [0.25, 0.3) is 5.69 Å². The van der Waals surface area contributed by atoms with Gasteiger partial charge in [0.2, 0.25) is 0 Å². The topological polar surface area (TPSA) is 77.2 Å². The summed E-state index contributed by atoms with van der Waals surface area (Å²) in [5, 5.41) is 13.0. The van der Waals surface area contributed by atoms with E-state index in [9.17, 15) is 9.18 Å². The first-order valence-corrected chi connectivity index (χ1v) is 5.06. The first kappa shape index (κ1) is 12.2. The predicted octanol–water partition coefficient (Wildman–Crippen LogP) is 0.685. The van der Waals surface area contributed by atoms with Crippen LogP contribution in [0.2, 0.25) is 0 Å². The first-order valence-electron chi connectivity index (χ1n) is 5.06. The number of aromatic nitrogens is 3. The molecule has 0 aliphatic carbocycles. The van der Waals surface area contributed by atoms with Crippen molar-refractivity contribution in [1.29, 1.82) is 0 Å². The second-order valence-corrected chi connectivity index (χ2v) is 3.40. The molecule has 1 heterocycles. The highest BCUT2D eigenvalue weighted by molar-refractivity contribution is 5.84. The molecule has 0 aliphatic rings. The van der Waals surface area contributed by atoms with Crippen molar-refractivity contribution in [1.82, 2.24) is 14.8 Å². The largest absolute Gasteiger partial charge is 0.463 e. The lowest BCUT2D eigenvalue weighted by Gasteiger charge is -2.07. The van der Waals surface area contributed by atoms with E-state index in [0.717, 1.165) is 0 Å². The van der Waals surface area contributed by atoms with Gasteiger partial charge in [-0.15, -0.1) is 5.10 Å². The maximum atomic E-state index is 13.5. The molecule has 0 saturated heterocycles.